The third kappa shape index (κ3) is 3.20. The molecule has 0 fully saturated rings. The predicted molar refractivity (Wildman–Crippen MR) is 89.9 cm³/mol. The number of nitrogens with one attached hydrogen (secondary N) is 1. The Labute approximate surface area is 146 Å². The molecule has 1 atom stereocenters. The van der Waals surface area contributed by atoms with Crippen LogP contribution in [0, 0.1) is 20.8 Å². The number of aromatic carboxylic acids is 1. The molecule has 130 valence electrons. The maximum absolute atomic E-state index is 12.4. The number of aryl methyl sites for hydroxylation is 3. The maximum Gasteiger partial charge on any atom is 0.347 e. The quantitative estimate of drug-likeness (QED) is 0.726. The third-order valence-electron chi connectivity index (χ3n) is 3.55. The minimum atomic E-state index is -1.03. The summed E-state index contributed by atoms with van der Waals surface area (Å²) in [7, 11) is 0. The Kier molecular flexibility index (Phi) is 4.21. The fourth-order valence-corrected chi connectivity index (χ4v) is 3.29. The normalized spacial score (nSPS) is 12.3. The monoisotopic (exact) mass is 360 g/mol. The van der Waals surface area contributed by atoms with Crippen LogP contribution in [0.4, 0.5) is 0 Å². The number of carboxylic acid groups (broad SMARTS) is 1. The number of amides is 1. The van der Waals surface area contributed by atoms with Crippen LogP contribution in [0.3, 0.4) is 0 Å². The van der Waals surface area contributed by atoms with Gasteiger partial charge < -0.3 is 10.4 Å². The molecule has 0 aliphatic carbocycles. The largest absolute Gasteiger partial charge is 0.477 e. The number of nitrogens with zero attached hydrogens (tertiary/aromatic N) is 5. The molecule has 3 heterocycles. The highest BCUT2D eigenvalue weighted by atomic mass is 32.1. The van der Waals surface area contributed by atoms with Crippen LogP contribution in [0.25, 0.3) is 5.78 Å². The summed E-state index contributed by atoms with van der Waals surface area (Å²) >= 11 is 1.04. The minimum Gasteiger partial charge on any atom is -0.477 e. The first-order valence-electron chi connectivity index (χ1n) is 7.48. The molecule has 0 saturated carbocycles. The molecule has 1 amide bonds. The van der Waals surface area contributed by atoms with Crippen molar-refractivity contribution in [2.45, 2.75) is 33.7 Å². The van der Waals surface area contributed by atoms with Gasteiger partial charge in [-0.1, -0.05) is 0 Å². The Morgan fingerprint density at radius 2 is 1.96 bits per heavy atom. The molecule has 25 heavy (non-hydrogen) atoms. The van der Waals surface area contributed by atoms with Crippen LogP contribution < -0.4 is 5.32 Å². The number of carbonyl (C=O) groups is 2. The molecule has 0 aliphatic heterocycles. The van der Waals surface area contributed by atoms with Gasteiger partial charge in [-0.25, -0.2) is 19.3 Å². The fraction of sp³-hybridized carbons (Fsp3) is 0.333. The second-order valence-corrected chi connectivity index (χ2v) is 6.68. The van der Waals surface area contributed by atoms with Gasteiger partial charge in [-0.05, 0) is 33.8 Å². The van der Waals surface area contributed by atoms with Gasteiger partial charge in [0.2, 0.25) is 5.82 Å². The van der Waals surface area contributed by atoms with Gasteiger partial charge in [-0.15, -0.1) is 16.4 Å². The van der Waals surface area contributed by atoms with Crippen molar-refractivity contribution < 1.29 is 14.7 Å². The zero-order chi connectivity index (χ0) is 18.3. The number of carboxylic acids is 1. The van der Waals surface area contributed by atoms with E-state index in [4.69, 9.17) is 5.11 Å². The standard InChI is InChI=1S/C15H16N6O3S/c1-6-5-7(2)21-15(16-6)19-11(20-21)12(22)17-9(4)13-18-8(3)10(25-13)14(23)24/h5,9H,1-4H3,(H,17,22)(H,23,24). The van der Waals surface area contributed by atoms with E-state index in [2.05, 4.69) is 25.4 Å². The summed E-state index contributed by atoms with van der Waals surface area (Å²) in [5.74, 6) is -1.15. The molecule has 0 bridgehead atoms. The summed E-state index contributed by atoms with van der Waals surface area (Å²) in [6.07, 6.45) is 0. The molecule has 3 aromatic rings. The second kappa shape index (κ2) is 6.20. The summed E-state index contributed by atoms with van der Waals surface area (Å²) in [5, 5.41) is 16.5. The Morgan fingerprint density at radius 3 is 2.60 bits per heavy atom. The molecule has 10 heteroatoms. The second-order valence-electron chi connectivity index (χ2n) is 5.65. The fourth-order valence-electron chi connectivity index (χ4n) is 2.39. The number of thiazole rings is 1. The van der Waals surface area contributed by atoms with Crippen molar-refractivity contribution in [1.82, 2.24) is 29.9 Å². The van der Waals surface area contributed by atoms with Crippen molar-refractivity contribution in [2.24, 2.45) is 0 Å². The van der Waals surface area contributed by atoms with E-state index in [1.54, 1.807) is 13.8 Å². The lowest BCUT2D eigenvalue weighted by Crippen LogP contribution is -2.27. The van der Waals surface area contributed by atoms with Crippen LogP contribution in [0.2, 0.25) is 0 Å². The number of rotatable bonds is 4. The summed E-state index contributed by atoms with van der Waals surface area (Å²) in [6, 6.07) is 1.38. The molecule has 1 unspecified atom stereocenters. The molecule has 0 saturated heterocycles. The van der Waals surface area contributed by atoms with Crippen molar-refractivity contribution in [3.8, 4) is 0 Å². The zero-order valence-corrected chi connectivity index (χ0v) is 14.9. The van der Waals surface area contributed by atoms with Crippen LogP contribution in [-0.4, -0.2) is 41.5 Å². The third-order valence-corrected chi connectivity index (χ3v) is 4.87. The first-order chi connectivity index (χ1) is 11.8. The van der Waals surface area contributed by atoms with Crippen LogP contribution in [0.1, 0.15) is 55.3 Å². The van der Waals surface area contributed by atoms with Crippen molar-refractivity contribution in [3.05, 3.63) is 38.9 Å². The first-order valence-corrected chi connectivity index (χ1v) is 8.30. The van der Waals surface area contributed by atoms with Crippen molar-refractivity contribution in [2.75, 3.05) is 0 Å². The molecule has 2 N–H and O–H groups in total. The van der Waals surface area contributed by atoms with Crippen LogP contribution >= 0.6 is 11.3 Å². The van der Waals surface area contributed by atoms with Gasteiger partial charge in [0.25, 0.3) is 11.7 Å². The van der Waals surface area contributed by atoms with Crippen LogP contribution in [-0.2, 0) is 0 Å². The first kappa shape index (κ1) is 17.0. The molecule has 0 radical (unpaired) electrons. The highest BCUT2D eigenvalue weighted by Crippen LogP contribution is 2.23. The lowest BCUT2D eigenvalue weighted by molar-refractivity contribution is 0.0701. The van der Waals surface area contributed by atoms with Crippen molar-refractivity contribution in [3.63, 3.8) is 0 Å². The number of hydrogen-bond acceptors (Lipinski definition) is 7. The number of fused-ring (bicyclic) bond motifs is 1. The van der Waals surface area contributed by atoms with Gasteiger partial charge in [-0.3, -0.25) is 4.79 Å². The van der Waals surface area contributed by atoms with Crippen LogP contribution in [0.5, 0.6) is 0 Å². The molecular formula is C15H16N6O3S. The molecular weight excluding hydrogens is 344 g/mol. The van der Waals surface area contributed by atoms with E-state index in [0.717, 1.165) is 22.7 Å². The maximum atomic E-state index is 12.4. The molecule has 0 aromatic carbocycles. The minimum absolute atomic E-state index is 0.000198. The molecule has 3 aromatic heterocycles. The lowest BCUT2D eigenvalue weighted by Gasteiger charge is -2.08. The number of carbonyl (C=O) groups excluding carboxylic acids is 1. The molecule has 0 spiro atoms. The SMILES string of the molecule is Cc1cc(C)n2nc(C(=O)NC(C)c3nc(C)c(C(=O)O)s3)nc2n1. The summed E-state index contributed by atoms with van der Waals surface area (Å²) in [6.45, 7) is 7.05. The highest BCUT2D eigenvalue weighted by molar-refractivity contribution is 7.13. The smallest absolute Gasteiger partial charge is 0.347 e. The van der Waals surface area contributed by atoms with E-state index in [1.807, 2.05) is 19.9 Å². The van der Waals surface area contributed by atoms with Crippen molar-refractivity contribution >= 4 is 29.0 Å². The van der Waals surface area contributed by atoms with Gasteiger partial charge >= 0.3 is 5.97 Å². The van der Waals surface area contributed by atoms with E-state index in [0.29, 0.717) is 16.5 Å². The van der Waals surface area contributed by atoms with Gasteiger partial charge in [0, 0.05) is 11.4 Å². The Hall–Kier alpha value is -2.88. The summed E-state index contributed by atoms with van der Waals surface area (Å²) < 4.78 is 1.50. The van der Waals surface area contributed by atoms with E-state index in [9.17, 15) is 9.59 Å². The average molecular weight is 360 g/mol. The zero-order valence-electron chi connectivity index (χ0n) is 14.1. The molecule has 0 aliphatic rings. The summed E-state index contributed by atoms with van der Waals surface area (Å²) in [4.78, 5) is 36.3. The van der Waals surface area contributed by atoms with Crippen molar-refractivity contribution in [1.29, 1.82) is 0 Å². The highest BCUT2D eigenvalue weighted by Gasteiger charge is 2.22. The van der Waals surface area contributed by atoms with E-state index < -0.39 is 17.9 Å². The topological polar surface area (TPSA) is 122 Å². The Bertz CT molecular complexity index is 993. The predicted octanol–water partition coefficient (Wildman–Crippen LogP) is 1.70. The Balaban J connectivity index is 1.83. The lowest BCUT2D eigenvalue weighted by atomic mass is 10.3. The Morgan fingerprint density at radius 1 is 1.24 bits per heavy atom. The van der Waals surface area contributed by atoms with Gasteiger partial charge in [-0.2, -0.15) is 4.98 Å². The van der Waals surface area contributed by atoms with E-state index in [-0.39, 0.29) is 10.7 Å². The molecule has 3 rings (SSSR count). The van der Waals surface area contributed by atoms with Gasteiger partial charge in [0.05, 0.1) is 11.7 Å². The van der Waals surface area contributed by atoms with Gasteiger partial charge in [0.1, 0.15) is 9.88 Å². The van der Waals surface area contributed by atoms with E-state index in [1.165, 1.54) is 4.52 Å². The summed E-state index contributed by atoms with van der Waals surface area (Å²) in [5.41, 5.74) is 2.04. The molecule has 9 nitrogen and oxygen atoms in total. The number of aromatic nitrogens is 5. The van der Waals surface area contributed by atoms with E-state index >= 15 is 0 Å². The number of hydrogen-bond donors (Lipinski definition) is 2. The average Bonchev–Trinajstić information content (AvgIpc) is 3.10. The van der Waals surface area contributed by atoms with Crippen LogP contribution in [0.15, 0.2) is 6.07 Å². The van der Waals surface area contributed by atoms with Gasteiger partial charge in [0.15, 0.2) is 0 Å².